The van der Waals surface area contributed by atoms with Crippen LogP contribution >= 0.6 is 0 Å². The zero-order valence-corrected chi connectivity index (χ0v) is 16.9. The monoisotopic (exact) mass is 365 g/mol. The van der Waals surface area contributed by atoms with E-state index in [1.165, 1.54) is 0 Å². The van der Waals surface area contributed by atoms with Crippen molar-refractivity contribution in [2.75, 3.05) is 40.4 Å². The third kappa shape index (κ3) is 8.43. The van der Waals surface area contributed by atoms with Gasteiger partial charge in [0.05, 0.1) is 19.3 Å². The Labute approximate surface area is 158 Å². The maximum absolute atomic E-state index is 12.0. The normalized spacial score (nSPS) is 11.9. The van der Waals surface area contributed by atoms with Crippen LogP contribution in [0.15, 0.2) is 18.2 Å². The molecule has 1 rings (SSSR count). The molecule has 0 radical (unpaired) electrons. The van der Waals surface area contributed by atoms with Gasteiger partial charge >= 0.3 is 6.03 Å². The summed E-state index contributed by atoms with van der Waals surface area (Å²) in [6, 6.07) is 5.58. The largest absolute Gasteiger partial charge is 0.490 e. The summed E-state index contributed by atoms with van der Waals surface area (Å²) >= 11 is 0. The molecule has 1 aromatic rings. The van der Waals surface area contributed by atoms with Crippen LogP contribution in [0.3, 0.4) is 0 Å². The number of rotatable bonds is 12. The minimum Gasteiger partial charge on any atom is -0.490 e. The van der Waals surface area contributed by atoms with Crippen molar-refractivity contribution in [1.29, 1.82) is 0 Å². The molecule has 0 bridgehead atoms. The molecular weight excluding hydrogens is 330 g/mol. The molecule has 0 aromatic heterocycles. The quantitative estimate of drug-likeness (QED) is 0.556. The summed E-state index contributed by atoms with van der Waals surface area (Å²) in [6.07, 6.45) is 2.80. The van der Waals surface area contributed by atoms with E-state index in [9.17, 15) is 4.79 Å². The topological polar surface area (TPSA) is 62.8 Å². The van der Waals surface area contributed by atoms with Crippen molar-refractivity contribution in [2.45, 2.75) is 46.1 Å². The Balaban J connectivity index is 2.63. The van der Waals surface area contributed by atoms with Gasteiger partial charge < -0.3 is 25.0 Å². The van der Waals surface area contributed by atoms with E-state index in [1.54, 1.807) is 0 Å². The second-order valence-electron chi connectivity index (χ2n) is 6.68. The van der Waals surface area contributed by atoms with E-state index in [-0.39, 0.29) is 12.1 Å². The lowest BCUT2D eigenvalue weighted by Gasteiger charge is -2.18. The summed E-state index contributed by atoms with van der Waals surface area (Å²) < 4.78 is 11.6. The Morgan fingerprint density at radius 1 is 1.12 bits per heavy atom. The third-order valence-electron chi connectivity index (χ3n) is 3.81. The highest BCUT2D eigenvalue weighted by atomic mass is 16.5. The number of hydrogen-bond donors (Lipinski definition) is 2. The van der Waals surface area contributed by atoms with Crippen LogP contribution < -0.4 is 20.1 Å². The molecule has 6 heteroatoms. The highest BCUT2D eigenvalue weighted by Crippen LogP contribution is 2.31. The van der Waals surface area contributed by atoms with Crippen LogP contribution in [0.5, 0.6) is 11.5 Å². The Kier molecular flexibility index (Phi) is 10.5. The first-order chi connectivity index (χ1) is 12.5. The molecule has 1 atom stereocenters. The molecule has 0 fully saturated rings. The Morgan fingerprint density at radius 3 is 2.38 bits per heavy atom. The molecule has 0 aliphatic heterocycles. The zero-order valence-electron chi connectivity index (χ0n) is 16.9. The number of amides is 2. The number of ether oxygens (including phenoxy) is 2. The summed E-state index contributed by atoms with van der Waals surface area (Å²) in [5, 5.41) is 5.86. The third-order valence-corrected chi connectivity index (χ3v) is 3.81. The molecule has 26 heavy (non-hydrogen) atoms. The number of urea groups is 1. The van der Waals surface area contributed by atoms with E-state index in [2.05, 4.69) is 29.4 Å². The van der Waals surface area contributed by atoms with Gasteiger partial charge in [-0.3, -0.25) is 0 Å². The fourth-order valence-corrected chi connectivity index (χ4v) is 2.38. The average Bonchev–Trinajstić information content (AvgIpc) is 2.61. The molecule has 0 saturated carbocycles. The first-order valence-corrected chi connectivity index (χ1v) is 9.56. The van der Waals surface area contributed by atoms with E-state index in [4.69, 9.17) is 9.47 Å². The second kappa shape index (κ2) is 12.4. The van der Waals surface area contributed by atoms with Gasteiger partial charge in [0, 0.05) is 6.54 Å². The molecule has 1 aromatic carbocycles. The van der Waals surface area contributed by atoms with Crippen molar-refractivity contribution < 1.29 is 14.3 Å². The first kappa shape index (κ1) is 22.1. The minimum absolute atomic E-state index is 0.118. The number of benzene rings is 1. The van der Waals surface area contributed by atoms with E-state index in [1.807, 2.05) is 39.2 Å². The lowest BCUT2D eigenvalue weighted by molar-refractivity contribution is 0.237. The van der Waals surface area contributed by atoms with Crippen LogP contribution in [0.2, 0.25) is 0 Å². The molecule has 6 nitrogen and oxygen atoms in total. The molecule has 0 saturated heterocycles. The molecule has 0 unspecified atom stereocenters. The van der Waals surface area contributed by atoms with Crippen molar-refractivity contribution in [3.63, 3.8) is 0 Å². The van der Waals surface area contributed by atoms with Gasteiger partial charge in [0.25, 0.3) is 0 Å². The molecular formula is C20H35N3O3. The maximum Gasteiger partial charge on any atom is 0.315 e. The van der Waals surface area contributed by atoms with Crippen LogP contribution in [0.1, 0.15) is 51.6 Å². The molecule has 0 spiro atoms. The van der Waals surface area contributed by atoms with Crippen molar-refractivity contribution in [1.82, 2.24) is 15.5 Å². The lowest BCUT2D eigenvalue weighted by atomic mass is 10.1. The van der Waals surface area contributed by atoms with E-state index in [0.717, 1.165) is 42.9 Å². The highest BCUT2D eigenvalue weighted by Gasteiger charge is 2.13. The van der Waals surface area contributed by atoms with E-state index in [0.29, 0.717) is 19.8 Å². The number of carbonyl (C=O) groups excluding carboxylic acids is 1. The van der Waals surface area contributed by atoms with Crippen molar-refractivity contribution >= 4 is 6.03 Å². The predicted molar refractivity (Wildman–Crippen MR) is 106 cm³/mol. The molecule has 148 valence electrons. The number of nitrogens with one attached hydrogen (secondary N) is 2. The summed E-state index contributed by atoms with van der Waals surface area (Å²) in [4.78, 5) is 14.1. The molecule has 2 amide bonds. The van der Waals surface area contributed by atoms with Crippen LogP contribution in [0.4, 0.5) is 4.79 Å². The van der Waals surface area contributed by atoms with Crippen molar-refractivity contribution in [2.24, 2.45) is 0 Å². The number of nitrogens with zero attached hydrogens (tertiary/aromatic N) is 1. The van der Waals surface area contributed by atoms with Gasteiger partial charge in [-0.1, -0.05) is 19.9 Å². The van der Waals surface area contributed by atoms with E-state index >= 15 is 0 Å². The van der Waals surface area contributed by atoms with Gasteiger partial charge in [-0.15, -0.1) is 0 Å². The summed E-state index contributed by atoms with van der Waals surface area (Å²) in [7, 11) is 4.04. The standard InChI is InChI=1S/C20H35N3O3/c1-6-13-25-18-10-9-17(15-19(18)26-14-7-2)16(3)22-20(24)21-11-8-12-23(4)5/h9-10,15-16H,6-8,11-14H2,1-5H3,(H2,21,22,24)/t16-/m0/s1. The number of carbonyl (C=O) groups is 1. The Hall–Kier alpha value is -1.95. The van der Waals surface area contributed by atoms with Crippen LogP contribution in [0, 0.1) is 0 Å². The fourth-order valence-electron chi connectivity index (χ4n) is 2.38. The maximum atomic E-state index is 12.0. The Morgan fingerprint density at radius 2 is 1.77 bits per heavy atom. The fraction of sp³-hybridized carbons (Fsp3) is 0.650. The minimum atomic E-state index is -0.154. The van der Waals surface area contributed by atoms with Gasteiger partial charge in [0.1, 0.15) is 0 Å². The molecule has 0 aliphatic rings. The summed E-state index contributed by atoms with van der Waals surface area (Å²) in [5.74, 6) is 1.49. The average molecular weight is 366 g/mol. The number of hydrogen-bond acceptors (Lipinski definition) is 4. The van der Waals surface area contributed by atoms with E-state index < -0.39 is 0 Å². The zero-order chi connectivity index (χ0) is 19.4. The van der Waals surface area contributed by atoms with Gasteiger partial charge in [-0.25, -0.2) is 4.79 Å². The van der Waals surface area contributed by atoms with Gasteiger partial charge in [0.2, 0.25) is 0 Å². The summed E-state index contributed by atoms with van der Waals surface area (Å²) in [6.45, 7) is 9.01. The van der Waals surface area contributed by atoms with Crippen molar-refractivity contribution in [3.8, 4) is 11.5 Å². The Bertz CT molecular complexity index is 535. The van der Waals surface area contributed by atoms with Gasteiger partial charge in [0.15, 0.2) is 11.5 Å². The smallest absolute Gasteiger partial charge is 0.315 e. The van der Waals surface area contributed by atoms with Crippen LogP contribution in [-0.2, 0) is 0 Å². The van der Waals surface area contributed by atoms with Crippen LogP contribution in [0.25, 0.3) is 0 Å². The first-order valence-electron chi connectivity index (χ1n) is 9.56. The molecule has 0 aliphatic carbocycles. The summed E-state index contributed by atoms with van der Waals surface area (Å²) in [5.41, 5.74) is 0.989. The molecule has 2 N–H and O–H groups in total. The van der Waals surface area contributed by atoms with Crippen molar-refractivity contribution in [3.05, 3.63) is 23.8 Å². The lowest BCUT2D eigenvalue weighted by Crippen LogP contribution is -2.38. The predicted octanol–water partition coefficient (Wildman–Crippen LogP) is 3.58. The second-order valence-corrected chi connectivity index (χ2v) is 6.68. The van der Waals surface area contributed by atoms with Crippen LogP contribution in [-0.4, -0.2) is 51.3 Å². The SMILES string of the molecule is CCCOc1ccc([C@H](C)NC(=O)NCCCN(C)C)cc1OCCC. The highest BCUT2D eigenvalue weighted by molar-refractivity contribution is 5.74. The van der Waals surface area contributed by atoms with Gasteiger partial charge in [-0.2, -0.15) is 0 Å². The van der Waals surface area contributed by atoms with Gasteiger partial charge in [-0.05, 0) is 64.5 Å². The molecule has 0 heterocycles.